The van der Waals surface area contributed by atoms with Crippen molar-refractivity contribution in [1.29, 1.82) is 0 Å². The highest BCUT2D eigenvalue weighted by atomic mass is 35.5. The van der Waals surface area contributed by atoms with Gasteiger partial charge in [0.1, 0.15) is 5.82 Å². The molecule has 0 aliphatic carbocycles. The fourth-order valence-corrected chi connectivity index (χ4v) is 4.95. The summed E-state index contributed by atoms with van der Waals surface area (Å²) in [7, 11) is -3.39. The van der Waals surface area contributed by atoms with E-state index < -0.39 is 10.0 Å². The van der Waals surface area contributed by atoms with Crippen molar-refractivity contribution in [3.63, 3.8) is 0 Å². The van der Waals surface area contributed by atoms with E-state index >= 15 is 0 Å². The molecule has 1 saturated heterocycles. The fraction of sp³-hybridized carbons (Fsp3) is 0.286. The molecular weight excluding hydrogens is 436 g/mol. The molecule has 0 amide bonds. The smallest absolute Gasteiger partial charge is 0.218 e. The number of aryl methyl sites for hydroxylation is 1. The molecule has 0 saturated carbocycles. The minimum Gasteiger partial charge on any atom is -0.352 e. The average Bonchev–Trinajstić information content (AvgIpc) is 2.77. The molecule has 1 aromatic carbocycles. The predicted octanol–water partition coefficient (Wildman–Crippen LogP) is 3.23. The minimum absolute atomic E-state index is 0.0304. The van der Waals surface area contributed by atoms with Crippen molar-refractivity contribution in [2.24, 2.45) is 0 Å². The molecule has 162 valence electrons. The highest BCUT2D eigenvalue weighted by Gasteiger charge is 2.27. The average molecular weight is 459 g/mol. The van der Waals surface area contributed by atoms with Crippen LogP contribution in [0.15, 0.2) is 54.7 Å². The molecule has 3 heterocycles. The summed E-state index contributed by atoms with van der Waals surface area (Å²) < 4.78 is 27.0. The summed E-state index contributed by atoms with van der Waals surface area (Å²) in [4.78, 5) is 6.33. The zero-order chi connectivity index (χ0) is 21.8. The zero-order valence-corrected chi connectivity index (χ0v) is 18.6. The van der Waals surface area contributed by atoms with E-state index in [-0.39, 0.29) is 5.75 Å². The third kappa shape index (κ3) is 5.49. The number of anilines is 3. The van der Waals surface area contributed by atoms with Gasteiger partial charge in [0, 0.05) is 37.4 Å². The topological polar surface area (TPSA) is 91.3 Å². The summed E-state index contributed by atoms with van der Waals surface area (Å²) in [6.45, 7) is 3.91. The van der Waals surface area contributed by atoms with Crippen LogP contribution in [0.1, 0.15) is 11.1 Å². The molecule has 31 heavy (non-hydrogen) atoms. The van der Waals surface area contributed by atoms with Crippen molar-refractivity contribution in [2.75, 3.05) is 36.4 Å². The van der Waals surface area contributed by atoms with E-state index in [2.05, 4.69) is 20.5 Å². The molecule has 4 rings (SSSR count). The van der Waals surface area contributed by atoms with E-state index in [0.717, 1.165) is 16.9 Å². The fourth-order valence-electron chi connectivity index (χ4n) is 3.31. The maximum absolute atomic E-state index is 12.8. The standard InChI is InChI=1S/C21H23ClN6O2S/c1-16-2-7-19(23-14-16)24-20-8-9-21(26-25-20)27-10-12-28(13-11-27)31(29,30)15-17-3-5-18(22)6-4-17/h2-9,14H,10-13,15H2,1H3,(H,23,24,25). The molecule has 3 aromatic rings. The second-order valence-electron chi connectivity index (χ2n) is 7.39. The van der Waals surface area contributed by atoms with Gasteiger partial charge >= 0.3 is 0 Å². The van der Waals surface area contributed by atoms with E-state index in [0.29, 0.717) is 42.8 Å². The van der Waals surface area contributed by atoms with E-state index in [1.54, 1.807) is 30.5 Å². The SMILES string of the molecule is Cc1ccc(Nc2ccc(N3CCN(S(=O)(=O)Cc4ccc(Cl)cc4)CC3)nn2)nc1. The maximum Gasteiger partial charge on any atom is 0.218 e. The van der Waals surface area contributed by atoms with Crippen molar-refractivity contribution < 1.29 is 8.42 Å². The van der Waals surface area contributed by atoms with Crippen LogP contribution in [0.2, 0.25) is 5.02 Å². The zero-order valence-electron chi connectivity index (χ0n) is 17.1. The second-order valence-corrected chi connectivity index (χ2v) is 9.80. The van der Waals surface area contributed by atoms with Gasteiger partial charge in [-0.15, -0.1) is 10.2 Å². The first-order chi connectivity index (χ1) is 14.9. The lowest BCUT2D eigenvalue weighted by Crippen LogP contribution is -2.49. The van der Waals surface area contributed by atoms with E-state index in [1.165, 1.54) is 4.31 Å². The summed E-state index contributed by atoms with van der Waals surface area (Å²) in [6.07, 6.45) is 1.78. The van der Waals surface area contributed by atoms with E-state index in [4.69, 9.17) is 11.6 Å². The summed E-state index contributed by atoms with van der Waals surface area (Å²) >= 11 is 5.88. The molecule has 10 heteroatoms. The molecule has 0 spiro atoms. The van der Waals surface area contributed by atoms with Crippen LogP contribution in [0.4, 0.5) is 17.5 Å². The van der Waals surface area contributed by atoms with Crippen LogP contribution >= 0.6 is 11.6 Å². The quantitative estimate of drug-likeness (QED) is 0.606. The number of sulfonamides is 1. The Kier molecular flexibility index (Phi) is 6.35. The molecule has 2 aromatic heterocycles. The number of piperazine rings is 1. The molecule has 0 radical (unpaired) electrons. The Morgan fingerprint density at radius 2 is 1.65 bits per heavy atom. The van der Waals surface area contributed by atoms with Gasteiger partial charge in [-0.05, 0) is 48.4 Å². The molecule has 1 N–H and O–H groups in total. The molecular formula is C21H23ClN6O2S. The molecule has 0 bridgehead atoms. The van der Waals surface area contributed by atoms with Gasteiger partial charge in [0.05, 0.1) is 5.75 Å². The Bertz CT molecular complexity index is 1110. The lowest BCUT2D eigenvalue weighted by atomic mass is 10.2. The Hall–Kier alpha value is -2.75. The van der Waals surface area contributed by atoms with E-state index in [1.807, 2.05) is 36.1 Å². The van der Waals surface area contributed by atoms with Crippen molar-refractivity contribution in [1.82, 2.24) is 19.5 Å². The summed E-state index contributed by atoms with van der Waals surface area (Å²) in [5, 5.41) is 12.2. The van der Waals surface area contributed by atoms with Crippen molar-refractivity contribution in [2.45, 2.75) is 12.7 Å². The number of hydrogen-bond donors (Lipinski definition) is 1. The van der Waals surface area contributed by atoms with Gasteiger partial charge < -0.3 is 10.2 Å². The Balaban J connectivity index is 1.33. The first-order valence-electron chi connectivity index (χ1n) is 9.90. The molecule has 0 unspecified atom stereocenters. The van der Waals surface area contributed by atoms with Gasteiger partial charge in [0.15, 0.2) is 11.6 Å². The molecule has 1 fully saturated rings. The number of nitrogens with one attached hydrogen (secondary N) is 1. The van der Waals surface area contributed by atoms with Crippen LogP contribution in [0.5, 0.6) is 0 Å². The molecule has 1 aliphatic heterocycles. The van der Waals surface area contributed by atoms with Crippen LogP contribution < -0.4 is 10.2 Å². The second kappa shape index (κ2) is 9.17. The van der Waals surface area contributed by atoms with Crippen molar-refractivity contribution in [3.8, 4) is 0 Å². The predicted molar refractivity (Wildman–Crippen MR) is 122 cm³/mol. The third-order valence-corrected chi connectivity index (χ3v) is 7.14. The maximum atomic E-state index is 12.8. The van der Waals surface area contributed by atoms with Crippen molar-refractivity contribution in [3.05, 3.63) is 70.9 Å². The van der Waals surface area contributed by atoms with Gasteiger partial charge in [-0.3, -0.25) is 0 Å². The van der Waals surface area contributed by atoms with Gasteiger partial charge in [0.2, 0.25) is 10.0 Å². The first-order valence-corrected chi connectivity index (χ1v) is 11.9. The largest absolute Gasteiger partial charge is 0.352 e. The van der Waals surface area contributed by atoms with E-state index in [9.17, 15) is 8.42 Å². The van der Waals surface area contributed by atoms with Gasteiger partial charge in [-0.25, -0.2) is 13.4 Å². The summed E-state index contributed by atoms with van der Waals surface area (Å²) in [6, 6.07) is 14.5. The van der Waals surface area contributed by atoms with Crippen LogP contribution in [0.25, 0.3) is 0 Å². The first kappa shape index (κ1) is 21.5. The van der Waals surface area contributed by atoms with Crippen LogP contribution in [0, 0.1) is 6.92 Å². The van der Waals surface area contributed by atoms with Crippen LogP contribution in [-0.4, -0.2) is 54.1 Å². The number of aromatic nitrogens is 3. The Morgan fingerprint density at radius 1 is 0.935 bits per heavy atom. The lowest BCUT2D eigenvalue weighted by Gasteiger charge is -2.34. The Labute approximate surface area is 186 Å². The van der Waals surface area contributed by atoms with Crippen LogP contribution in [-0.2, 0) is 15.8 Å². The summed E-state index contributed by atoms with van der Waals surface area (Å²) in [5.74, 6) is 1.99. The summed E-state index contributed by atoms with van der Waals surface area (Å²) in [5.41, 5.74) is 1.81. The minimum atomic E-state index is -3.39. The highest BCUT2D eigenvalue weighted by molar-refractivity contribution is 7.88. The van der Waals surface area contributed by atoms with Gasteiger partial charge in [0.25, 0.3) is 0 Å². The van der Waals surface area contributed by atoms with Crippen molar-refractivity contribution >= 4 is 39.1 Å². The number of rotatable bonds is 6. The number of hydrogen-bond acceptors (Lipinski definition) is 7. The molecule has 1 aliphatic rings. The molecule has 0 atom stereocenters. The molecule has 8 nitrogen and oxygen atoms in total. The number of pyridine rings is 1. The lowest BCUT2D eigenvalue weighted by molar-refractivity contribution is 0.383. The Morgan fingerprint density at radius 3 is 2.26 bits per heavy atom. The normalized spacial score (nSPS) is 15.1. The monoisotopic (exact) mass is 458 g/mol. The highest BCUT2D eigenvalue weighted by Crippen LogP contribution is 2.20. The van der Waals surface area contributed by atoms with Gasteiger partial charge in [-0.1, -0.05) is 29.8 Å². The van der Waals surface area contributed by atoms with Crippen LogP contribution in [0.3, 0.4) is 0 Å². The number of nitrogens with zero attached hydrogens (tertiary/aromatic N) is 5. The third-order valence-electron chi connectivity index (χ3n) is 5.04. The number of halogens is 1. The number of benzene rings is 1. The van der Waals surface area contributed by atoms with Gasteiger partial charge in [-0.2, -0.15) is 4.31 Å².